The van der Waals surface area contributed by atoms with E-state index in [9.17, 15) is 4.79 Å². The van der Waals surface area contributed by atoms with Crippen molar-refractivity contribution in [2.75, 3.05) is 18.5 Å². The minimum absolute atomic E-state index is 0.156. The Balaban J connectivity index is 1.85. The molecule has 1 heterocycles. The van der Waals surface area contributed by atoms with Gasteiger partial charge in [-0.05, 0) is 63.6 Å². The second-order valence-electron chi connectivity index (χ2n) is 6.12. The molecule has 0 aliphatic heterocycles. The van der Waals surface area contributed by atoms with Crippen molar-refractivity contribution >= 4 is 22.5 Å². The Morgan fingerprint density at radius 3 is 2.46 bits per heavy atom. The summed E-state index contributed by atoms with van der Waals surface area (Å²) >= 11 is 0. The van der Waals surface area contributed by atoms with Gasteiger partial charge in [0, 0.05) is 33.9 Å². The molecule has 2 aromatic carbocycles. The molecule has 1 aromatic heterocycles. The van der Waals surface area contributed by atoms with E-state index in [1.807, 2.05) is 51.1 Å². The third kappa shape index (κ3) is 3.52. The van der Waals surface area contributed by atoms with Crippen molar-refractivity contribution in [3.8, 4) is 11.5 Å². The van der Waals surface area contributed by atoms with Gasteiger partial charge in [-0.15, -0.1) is 0 Å². The summed E-state index contributed by atoms with van der Waals surface area (Å²) in [6.45, 7) is 9.01. The van der Waals surface area contributed by atoms with E-state index in [-0.39, 0.29) is 5.91 Å². The van der Waals surface area contributed by atoms with Crippen molar-refractivity contribution in [1.29, 1.82) is 0 Å². The Labute approximate surface area is 153 Å². The number of hydrogen-bond donors (Lipinski definition) is 2. The molecule has 0 radical (unpaired) electrons. The van der Waals surface area contributed by atoms with Gasteiger partial charge in [-0.25, -0.2) is 0 Å². The number of H-pyrrole nitrogens is 1. The van der Waals surface area contributed by atoms with Gasteiger partial charge in [0.2, 0.25) is 0 Å². The quantitative estimate of drug-likeness (QED) is 0.667. The second kappa shape index (κ2) is 7.52. The molecule has 0 unspecified atom stereocenters. The normalized spacial score (nSPS) is 10.8. The summed E-state index contributed by atoms with van der Waals surface area (Å²) in [4.78, 5) is 16.0. The number of amides is 1. The summed E-state index contributed by atoms with van der Waals surface area (Å²) in [5.74, 6) is 1.14. The summed E-state index contributed by atoms with van der Waals surface area (Å²) < 4.78 is 11.2. The maximum Gasteiger partial charge on any atom is 0.255 e. The predicted molar refractivity (Wildman–Crippen MR) is 105 cm³/mol. The molecule has 0 spiro atoms. The van der Waals surface area contributed by atoms with Gasteiger partial charge in [0.15, 0.2) is 11.5 Å². The van der Waals surface area contributed by atoms with Gasteiger partial charge in [-0.2, -0.15) is 0 Å². The molecule has 3 rings (SSSR count). The summed E-state index contributed by atoms with van der Waals surface area (Å²) in [5.41, 5.74) is 4.60. The van der Waals surface area contributed by atoms with E-state index >= 15 is 0 Å². The highest BCUT2D eigenvalue weighted by Gasteiger charge is 2.12. The molecule has 0 saturated heterocycles. The van der Waals surface area contributed by atoms with Crippen LogP contribution in [0.15, 0.2) is 36.4 Å². The fourth-order valence-electron chi connectivity index (χ4n) is 2.93. The van der Waals surface area contributed by atoms with Crippen LogP contribution in [0.2, 0.25) is 0 Å². The second-order valence-corrected chi connectivity index (χ2v) is 6.12. The van der Waals surface area contributed by atoms with Crippen molar-refractivity contribution in [3.05, 3.63) is 53.2 Å². The maximum absolute atomic E-state index is 12.7. The van der Waals surface area contributed by atoms with Crippen LogP contribution in [-0.2, 0) is 0 Å². The first-order valence-electron chi connectivity index (χ1n) is 8.83. The molecule has 26 heavy (non-hydrogen) atoms. The molecule has 3 aromatic rings. The predicted octanol–water partition coefficient (Wildman–Crippen LogP) is 4.83. The third-order valence-electron chi connectivity index (χ3n) is 4.37. The smallest absolute Gasteiger partial charge is 0.255 e. The summed E-state index contributed by atoms with van der Waals surface area (Å²) in [6, 6.07) is 11.1. The lowest BCUT2D eigenvalue weighted by atomic mass is 10.1. The average Bonchev–Trinajstić information content (AvgIpc) is 2.91. The third-order valence-corrected chi connectivity index (χ3v) is 4.37. The lowest BCUT2D eigenvalue weighted by Crippen LogP contribution is -2.12. The molecular weight excluding hydrogens is 328 g/mol. The SMILES string of the molecule is CCOc1ccc(NC(=O)c2ccc3[nH]c(C)c(C)c3c2)cc1OCC. The van der Waals surface area contributed by atoms with Gasteiger partial charge in [0.05, 0.1) is 13.2 Å². The molecule has 0 fully saturated rings. The molecular formula is C21H24N2O3. The van der Waals surface area contributed by atoms with Crippen LogP contribution in [0.1, 0.15) is 35.5 Å². The number of rotatable bonds is 6. The highest BCUT2D eigenvalue weighted by atomic mass is 16.5. The highest BCUT2D eigenvalue weighted by Crippen LogP contribution is 2.31. The van der Waals surface area contributed by atoms with Gasteiger partial charge in [-0.1, -0.05) is 0 Å². The Morgan fingerprint density at radius 1 is 1.00 bits per heavy atom. The van der Waals surface area contributed by atoms with Crippen LogP contribution in [0.4, 0.5) is 5.69 Å². The fourth-order valence-corrected chi connectivity index (χ4v) is 2.93. The van der Waals surface area contributed by atoms with Crippen LogP contribution in [0.5, 0.6) is 11.5 Å². The summed E-state index contributed by atoms with van der Waals surface area (Å²) in [6.07, 6.45) is 0. The first kappa shape index (κ1) is 17.9. The highest BCUT2D eigenvalue weighted by molar-refractivity contribution is 6.06. The van der Waals surface area contributed by atoms with Gasteiger partial charge < -0.3 is 19.8 Å². The average molecular weight is 352 g/mol. The molecule has 5 nitrogen and oxygen atoms in total. The van der Waals surface area contributed by atoms with E-state index in [1.165, 1.54) is 0 Å². The number of ether oxygens (including phenoxy) is 2. The molecule has 0 aliphatic carbocycles. The Bertz CT molecular complexity index is 944. The molecule has 136 valence electrons. The number of carbonyl (C=O) groups excluding carboxylic acids is 1. The fraction of sp³-hybridized carbons (Fsp3) is 0.286. The van der Waals surface area contributed by atoms with E-state index in [2.05, 4.69) is 17.2 Å². The maximum atomic E-state index is 12.7. The van der Waals surface area contributed by atoms with Crippen LogP contribution >= 0.6 is 0 Å². The minimum atomic E-state index is -0.156. The Hall–Kier alpha value is -2.95. The molecule has 0 bridgehead atoms. The minimum Gasteiger partial charge on any atom is -0.490 e. The molecule has 2 N–H and O–H groups in total. The zero-order valence-corrected chi connectivity index (χ0v) is 15.6. The van der Waals surface area contributed by atoms with Crippen LogP contribution in [-0.4, -0.2) is 24.1 Å². The van der Waals surface area contributed by atoms with E-state index in [4.69, 9.17) is 9.47 Å². The summed E-state index contributed by atoms with van der Waals surface area (Å²) in [5, 5.41) is 4.00. The number of aromatic nitrogens is 1. The number of hydrogen-bond acceptors (Lipinski definition) is 3. The van der Waals surface area contributed by atoms with Gasteiger partial charge in [-0.3, -0.25) is 4.79 Å². The standard InChI is InChI=1S/C21H24N2O3/c1-5-25-19-10-8-16(12-20(19)26-6-2)23-21(24)15-7-9-18-17(11-15)13(3)14(4)22-18/h7-12,22H,5-6H2,1-4H3,(H,23,24). The lowest BCUT2D eigenvalue weighted by molar-refractivity contribution is 0.102. The van der Waals surface area contributed by atoms with Crippen LogP contribution in [0.3, 0.4) is 0 Å². The van der Waals surface area contributed by atoms with E-state index < -0.39 is 0 Å². The van der Waals surface area contributed by atoms with Gasteiger partial charge >= 0.3 is 0 Å². The van der Waals surface area contributed by atoms with Crippen molar-refractivity contribution in [3.63, 3.8) is 0 Å². The van der Waals surface area contributed by atoms with E-state index in [0.717, 1.165) is 22.2 Å². The zero-order valence-electron chi connectivity index (χ0n) is 15.6. The van der Waals surface area contributed by atoms with Gasteiger partial charge in [0.25, 0.3) is 5.91 Å². The number of anilines is 1. The van der Waals surface area contributed by atoms with Gasteiger partial charge in [0.1, 0.15) is 0 Å². The number of nitrogens with one attached hydrogen (secondary N) is 2. The van der Waals surface area contributed by atoms with Crippen molar-refractivity contribution < 1.29 is 14.3 Å². The molecule has 0 saturated carbocycles. The van der Waals surface area contributed by atoms with Crippen molar-refractivity contribution in [2.45, 2.75) is 27.7 Å². The Morgan fingerprint density at radius 2 is 1.73 bits per heavy atom. The monoisotopic (exact) mass is 352 g/mol. The number of carbonyl (C=O) groups is 1. The molecule has 1 amide bonds. The first-order chi connectivity index (χ1) is 12.5. The first-order valence-corrected chi connectivity index (χ1v) is 8.83. The zero-order chi connectivity index (χ0) is 18.7. The Kier molecular flexibility index (Phi) is 5.16. The summed E-state index contributed by atoms with van der Waals surface area (Å²) in [7, 11) is 0. The number of fused-ring (bicyclic) bond motifs is 1. The van der Waals surface area contributed by atoms with E-state index in [1.54, 1.807) is 6.07 Å². The number of benzene rings is 2. The largest absolute Gasteiger partial charge is 0.490 e. The van der Waals surface area contributed by atoms with Crippen LogP contribution < -0.4 is 14.8 Å². The van der Waals surface area contributed by atoms with Crippen LogP contribution in [0, 0.1) is 13.8 Å². The molecule has 0 aliphatic rings. The lowest BCUT2D eigenvalue weighted by Gasteiger charge is -2.13. The van der Waals surface area contributed by atoms with E-state index in [0.29, 0.717) is 36.0 Å². The topological polar surface area (TPSA) is 63.3 Å². The van der Waals surface area contributed by atoms with Crippen molar-refractivity contribution in [2.24, 2.45) is 0 Å². The van der Waals surface area contributed by atoms with Crippen molar-refractivity contribution in [1.82, 2.24) is 4.98 Å². The number of aryl methyl sites for hydroxylation is 2. The molecule has 0 atom stereocenters. The molecule has 5 heteroatoms. The number of aromatic amines is 1. The van der Waals surface area contributed by atoms with Crippen LogP contribution in [0.25, 0.3) is 10.9 Å².